The molecule has 0 aromatic carbocycles. The molecule has 4 N–H and O–H groups in total. The maximum atomic E-state index is 12.2. The van der Waals surface area contributed by atoms with E-state index in [1.807, 2.05) is 0 Å². The minimum Gasteiger partial charge on any atom is -0.466 e. The number of nitrogens with two attached hydrogens (primary N) is 1. The molecule has 0 saturated carbocycles. The highest BCUT2D eigenvalue weighted by molar-refractivity contribution is 5.96. The number of nitrogens with one attached hydrogen (secondary N) is 2. The Morgan fingerprint density at radius 3 is 2.36 bits per heavy atom. The van der Waals surface area contributed by atoms with Crippen molar-refractivity contribution in [3.05, 3.63) is 0 Å². The zero-order valence-corrected chi connectivity index (χ0v) is 14.2. The Bertz CT molecular complexity index is 549. The Kier molecular flexibility index (Phi) is 7.83. The highest BCUT2D eigenvalue weighted by atomic mass is 16.5. The molecule has 0 bridgehead atoms. The van der Waals surface area contributed by atoms with E-state index in [1.165, 1.54) is 0 Å². The Labute approximate surface area is 144 Å². The minimum absolute atomic E-state index is 0.0241. The van der Waals surface area contributed by atoms with Crippen LogP contribution < -0.4 is 16.4 Å². The summed E-state index contributed by atoms with van der Waals surface area (Å²) in [7, 11) is 0. The molecule has 0 aromatic heterocycles. The second kappa shape index (κ2) is 9.60. The number of esters is 2. The first-order valence-electron chi connectivity index (χ1n) is 8.01. The monoisotopic (exact) mass is 357 g/mol. The summed E-state index contributed by atoms with van der Waals surface area (Å²) < 4.78 is 9.64. The van der Waals surface area contributed by atoms with Crippen LogP contribution in [-0.4, -0.2) is 55.0 Å². The van der Waals surface area contributed by atoms with Gasteiger partial charge in [0.1, 0.15) is 12.1 Å². The summed E-state index contributed by atoms with van der Waals surface area (Å²) in [6, 6.07) is -2.28. The van der Waals surface area contributed by atoms with Gasteiger partial charge in [-0.15, -0.1) is 0 Å². The van der Waals surface area contributed by atoms with Gasteiger partial charge in [0.05, 0.1) is 25.6 Å². The molecule has 25 heavy (non-hydrogen) atoms. The standard InChI is InChI=1S/C15H23N3O7/c1-3-24-11(20)7-8(15(23)25-4-2)12(13(16)21)18-14(22)9-5-6-10(19)17-9/h8-9,12H,3-7H2,1-2H3,(H2,16,21)(H,17,19)(H,18,22)/t8-,9+,12-/m0/s1. The van der Waals surface area contributed by atoms with Gasteiger partial charge in [-0.25, -0.2) is 0 Å². The molecule has 10 nitrogen and oxygen atoms in total. The third kappa shape index (κ3) is 6.05. The van der Waals surface area contributed by atoms with Crippen molar-refractivity contribution in [3.63, 3.8) is 0 Å². The second-order valence-electron chi connectivity index (χ2n) is 5.42. The van der Waals surface area contributed by atoms with E-state index in [0.29, 0.717) is 0 Å². The van der Waals surface area contributed by atoms with Crippen LogP contribution >= 0.6 is 0 Å². The van der Waals surface area contributed by atoms with Crippen molar-refractivity contribution in [2.24, 2.45) is 11.7 Å². The molecule has 0 unspecified atom stereocenters. The summed E-state index contributed by atoms with van der Waals surface area (Å²) in [4.78, 5) is 59.0. The number of ether oxygens (including phenoxy) is 2. The zero-order valence-electron chi connectivity index (χ0n) is 14.2. The third-order valence-electron chi connectivity index (χ3n) is 3.60. The molecule has 0 aromatic rings. The lowest BCUT2D eigenvalue weighted by molar-refractivity contribution is -0.157. The predicted octanol–water partition coefficient (Wildman–Crippen LogP) is -1.63. The SMILES string of the molecule is CCOC(=O)C[C@H](C(=O)OCC)[C@H](NC(=O)[C@H]1CCC(=O)N1)C(N)=O. The van der Waals surface area contributed by atoms with Gasteiger partial charge in [0.2, 0.25) is 17.7 Å². The van der Waals surface area contributed by atoms with Gasteiger partial charge in [-0.2, -0.15) is 0 Å². The quantitative estimate of drug-likeness (QED) is 0.418. The number of amides is 3. The molecule has 1 aliphatic heterocycles. The Hall–Kier alpha value is -2.65. The lowest BCUT2D eigenvalue weighted by Gasteiger charge is -2.24. The number of hydrogen-bond acceptors (Lipinski definition) is 7. The van der Waals surface area contributed by atoms with Gasteiger partial charge in [-0.05, 0) is 20.3 Å². The van der Waals surface area contributed by atoms with Crippen LogP contribution in [0.5, 0.6) is 0 Å². The van der Waals surface area contributed by atoms with Crippen LogP contribution in [0.1, 0.15) is 33.1 Å². The van der Waals surface area contributed by atoms with Crippen LogP contribution in [0.3, 0.4) is 0 Å². The lowest BCUT2D eigenvalue weighted by Crippen LogP contribution is -2.55. The predicted molar refractivity (Wildman–Crippen MR) is 83.7 cm³/mol. The molecule has 10 heteroatoms. The number of carbonyl (C=O) groups excluding carboxylic acids is 5. The molecular weight excluding hydrogens is 334 g/mol. The van der Waals surface area contributed by atoms with Crippen molar-refractivity contribution < 1.29 is 33.4 Å². The van der Waals surface area contributed by atoms with Gasteiger partial charge in [-0.1, -0.05) is 0 Å². The minimum atomic E-state index is -1.46. The van der Waals surface area contributed by atoms with Crippen molar-refractivity contribution in [1.82, 2.24) is 10.6 Å². The fourth-order valence-corrected chi connectivity index (χ4v) is 2.42. The summed E-state index contributed by atoms with van der Waals surface area (Å²) in [6.07, 6.45) is -0.0286. The molecule has 3 atom stereocenters. The topological polar surface area (TPSA) is 154 Å². The summed E-state index contributed by atoms with van der Waals surface area (Å²) >= 11 is 0. The van der Waals surface area contributed by atoms with Crippen molar-refractivity contribution in [2.45, 2.75) is 45.2 Å². The average molecular weight is 357 g/mol. The summed E-state index contributed by atoms with van der Waals surface area (Å²) in [5.74, 6) is -4.85. The summed E-state index contributed by atoms with van der Waals surface area (Å²) in [6.45, 7) is 3.27. The first-order chi connectivity index (χ1) is 11.8. The molecule has 1 heterocycles. The first-order valence-corrected chi connectivity index (χ1v) is 8.01. The normalized spacial score (nSPS) is 18.6. The van der Waals surface area contributed by atoms with Crippen LogP contribution in [0.2, 0.25) is 0 Å². The highest BCUT2D eigenvalue weighted by Crippen LogP contribution is 2.15. The zero-order chi connectivity index (χ0) is 19.0. The van der Waals surface area contributed by atoms with E-state index in [1.54, 1.807) is 13.8 Å². The van der Waals surface area contributed by atoms with Gasteiger partial charge < -0.3 is 25.8 Å². The smallest absolute Gasteiger partial charge is 0.312 e. The molecule has 0 aliphatic carbocycles. The Balaban J connectivity index is 2.91. The maximum Gasteiger partial charge on any atom is 0.312 e. The number of primary amides is 1. The number of carbonyl (C=O) groups is 5. The van der Waals surface area contributed by atoms with E-state index in [4.69, 9.17) is 15.2 Å². The number of rotatable bonds is 9. The Morgan fingerprint density at radius 1 is 1.24 bits per heavy atom. The largest absolute Gasteiger partial charge is 0.466 e. The van der Waals surface area contributed by atoms with Gasteiger partial charge in [0.25, 0.3) is 0 Å². The van der Waals surface area contributed by atoms with Gasteiger partial charge in [-0.3, -0.25) is 24.0 Å². The summed E-state index contributed by atoms with van der Waals surface area (Å²) in [5.41, 5.74) is 5.29. The molecule has 0 spiro atoms. The van der Waals surface area contributed by atoms with Gasteiger partial charge in [0.15, 0.2) is 0 Å². The second-order valence-corrected chi connectivity index (χ2v) is 5.42. The van der Waals surface area contributed by atoms with Crippen molar-refractivity contribution in [1.29, 1.82) is 0 Å². The van der Waals surface area contributed by atoms with E-state index in [2.05, 4.69) is 10.6 Å². The summed E-state index contributed by atoms with van der Waals surface area (Å²) in [5, 5.41) is 4.77. The van der Waals surface area contributed by atoms with E-state index < -0.39 is 48.2 Å². The van der Waals surface area contributed by atoms with Crippen LogP contribution in [0.25, 0.3) is 0 Å². The maximum absolute atomic E-state index is 12.2. The fraction of sp³-hybridized carbons (Fsp3) is 0.667. The fourth-order valence-electron chi connectivity index (χ4n) is 2.42. The van der Waals surface area contributed by atoms with Gasteiger partial charge in [0, 0.05) is 6.42 Å². The third-order valence-corrected chi connectivity index (χ3v) is 3.60. The van der Waals surface area contributed by atoms with E-state index in [9.17, 15) is 24.0 Å². The first kappa shape index (κ1) is 20.4. The molecule has 1 fully saturated rings. The Morgan fingerprint density at radius 2 is 1.88 bits per heavy atom. The van der Waals surface area contributed by atoms with Crippen molar-refractivity contribution in [3.8, 4) is 0 Å². The van der Waals surface area contributed by atoms with E-state index in [-0.39, 0.29) is 32.0 Å². The van der Waals surface area contributed by atoms with Crippen LogP contribution in [0.4, 0.5) is 0 Å². The highest BCUT2D eigenvalue weighted by Gasteiger charge is 2.39. The average Bonchev–Trinajstić information content (AvgIpc) is 2.97. The van der Waals surface area contributed by atoms with Crippen LogP contribution in [0.15, 0.2) is 0 Å². The van der Waals surface area contributed by atoms with E-state index in [0.717, 1.165) is 0 Å². The molecule has 1 rings (SSSR count). The van der Waals surface area contributed by atoms with E-state index >= 15 is 0 Å². The lowest BCUT2D eigenvalue weighted by atomic mass is 9.95. The van der Waals surface area contributed by atoms with Gasteiger partial charge >= 0.3 is 11.9 Å². The van der Waals surface area contributed by atoms with Crippen molar-refractivity contribution in [2.75, 3.05) is 13.2 Å². The molecular formula is C15H23N3O7. The number of hydrogen-bond donors (Lipinski definition) is 3. The molecule has 0 radical (unpaired) electrons. The van der Waals surface area contributed by atoms with Crippen molar-refractivity contribution >= 4 is 29.7 Å². The van der Waals surface area contributed by atoms with Crippen LogP contribution in [-0.2, 0) is 33.4 Å². The van der Waals surface area contributed by atoms with Crippen LogP contribution in [0, 0.1) is 5.92 Å². The molecule has 140 valence electrons. The molecule has 1 saturated heterocycles. The molecule has 3 amide bonds. The molecule has 1 aliphatic rings.